The number of thiophene rings is 1. The molecule has 23 heavy (non-hydrogen) atoms. The van der Waals surface area contributed by atoms with Gasteiger partial charge in [0.15, 0.2) is 0 Å². The van der Waals surface area contributed by atoms with Crippen LogP contribution in [-0.2, 0) is 16.2 Å². The molecule has 1 N–H and O–H groups in total. The second-order valence-electron chi connectivity index (χ2n) is 4.89. The summed E-state index contributed by atoms with van der Waals surface area (Å²) in [7, 11) is -0.0917. The molecule has 2 aromatic rings. The second-order valence-corrected chi connectivity index (χ2v) is 7.97. The van der Waals surface area contributed by atoms with Gasteiger partial charge >= 0.3 is 6.18 Å². The Labute approximate surface area is 134 Å². The van der Waals surface area contributed by atoms with Gasteiger partial charge in [0.1, 0.15) is 9.90 Å². The summed E-state index contributed by atoms with van der Waals surface area (Å²) in [6, 6.07) is 3.45. The van der Waals surface area contributed by atoms with Crippen molar-refractivity contribution in [2.24, 2.45) is 0 Å². The van der Waals surface area contributed by atoms with Gasteiger partial charge in [0.2, 0.25) is 15.8 Å². The Morgan fingerprint density at radius 3 is 2.61 bits per heavy atom. The van der Waals surface area contributed by atoms with Crippen molar-refractivity contribution in [3.63, 3.8) is 0 Å². The van der Waals surface area contributed by atoms with Gasteiger partial charge in [-0.05, 0) is 26.2 Å². The van der Waals surface area contributed by atoms with E-state index in [0.717, 1.165) is 17.4 Å². The molecule has 0 saturated carbocycles. The predicted molar refractivity (Wildman–Crippen MR) is 78.6 cm³/mol. The van der Waals surface area contributed by atoms with E-state index in [-0.39, 0.29) is 21.3 Å². The van der Waals surface area contributed by atoms with Crippen LogP contribution in [0.5, 0.6) is 0 Å². The van der Waals surface area contributed by atoms with E-state index in [1.807, 2.05) is 4.90 Å². The highest BCUT2D eigenvalue weighted by molar-refractivity contribution is 7.91. The Bertz CT molecular complexity index is 766. The van der Waals surface area contributed by atoms with E-state index in [9.17, 15) is 21.6 Å². The molecular formula is C12H14F3N3O3S2. The van der Waals surface area contributed by atoms with Crippen LogP contribution < -0.4 is 4.72 Å². The maximum absolute atomic E-state index is 12.5. The van der Waals surface area contributed by atoms with Crippen LogP contribution >= 0.6 is 11.3 Å². The van der Waals surface area contributed by atoms with E-state index in [2.05, 4.69) is 14.4 Å². The van der Waals surface area contributed by atoms with E-state index in [4.69, 9.17) is 0 Å². The zero-order valence-corrected chi connectivity index (χ0v) is 13.8. The molecule has 2 aromatic heterocycles. The van der Waals surface area contributed by atoms with E-state index >= 15 is 0 Å². The van der Waals surface area contributed by atoms with Crippen LogP contribution in [0, 0.1) is 0 Å². The van der Waals surface area contributed by atoms with Gasteiger partial charge in [0.25, 0.3) is 0 Å². The van der Waals surface area contributed by atoms with E-state index < -0.39 is 22.0 Å². The summed E-state index contributed by atoms with van der Waals surface area (Å²) in [6.45, 7) is 0.750. The number of sulfonamides is 1. The Morgan fingerprint density at radius 1 is 1.35 bits per heavy atom. The molecular weight excluding hydrogens is 355 g/mol. The first-order valence-electron chi connectivity index (χ1n) is 6.38. The lowest BCUT2D eigenvalue weighted by Crippen LogP contribution is -2.30. The van der Waals surface area contributed by atoms with Crippen molar-refractivity contribution in [2.75, 3.05) is 27.2 Å². The zero-order chi connectivity index (χ0) is 17.3. The highest BCUT2D eigenvalue weighted by atomic mass is 32.2. The first-order valence-corrected chi connectivity index (χ1v) is 8.68. The first kappa shape index (κ1) is 17.9. The predicted octanol–water partition coefficient (Wildman–Crippen LogP) is 2.26. The van der Waals surface area contributed by atoms with Crippen molar-refractivity contribution in [3.05, 3.63) is 24.0 Å². The summed E-state index contributed by atoms with van der Waals surface area (Å²) in [4.78, 5) is 2.09. The number of alkyl halides is 3. The van der Waals surface area contributed by atoms with Gasteiger partial charge in [0.05, 0.1) is 4.88 Å². The van der Waals surface area contributed by atoms with Crippen LogP contribution in [0.4, 0.5) is 13.2 Å². The van der Waals surface area contributed by atoms with Crippen molar-refractivity contribution in [1.82, 2.24) is 14.8 Å². The van der Waals surface area contributed by atoms with Crippen molar-refractivity contribution >= 4 is 21.4 Å². The fourth-order valence-corrected chi connectivity index (χ4v) is 3.93. The molecule has 0 atom stereocenters. The molecule has 0 amide bonds. The summed E-state index contributed by atoms with van der Waals surface area (Å²) < 4.78 is 68.2. The third kappa shape index (κ3) is 4.53. The van der Waals surface area contributed by atoms with Crippen LogP contribution in [0.3, 0.4) is 0 Å². The number of hydrogen-bond donors (Lipinski definition) is 1. The van der Waals surface area contributed by atoms with Crippen LogP contribution in [0.15, 0.2) is 26.9 Å². The van der Waals surface area contributed by atoms with E-state index in [1.54, 1.807) is 14.1 Å². The van der Waals surface area contributed by atoms with Crippen molar-refractivity contribution in [1.29, 1.82) is 0 Å². The van der Waals surface area contributed by atoms with Gasteiger partial charge in [-0.25, -0.2) is 13.1 Å². The summed E-state index contributed by atoms with van der Waals surface area (Å²) >= 11 is 0.822. The number of nitrogens with zero attached hydrogens (tertiary/aromatic N) is 2. The fraction of sp³-hybridized carbons (Fsp3) is 0.417. The normalized spacial score (nSPS) is 13.0. The molecule has 0 bridgehead atoms. The van der Waals surface area contributed by atoms with E-state index in [0.29, 0.717) is 6.54 Å². The maximum Gasteiger partial charge on any atom is 0.452 e. The Balaban J connectivity index is 2.15. The average molecular weight is 369 g/mol. The number of halogens is 3. The largest absolute Gasteiger partial charge is 0.452 e. The van der Waals surface area contributed by atoms with Crippen molar-refractivity contribution < 1.29 is 26.1 Å². The minimum Gasteiger partial charge on any atom is -0.351 e. The van der Waals surface area contributed by atoms with Crippen molar-refractivity contribution in [3.8, 4) is 10.6 Å². The minimum absolute atomic E-state index is 0.00261. The average Bonchev–Trinajstić information content (AvgIpc) is 3.06. The number of rotatable bonds is 6. The molecule has 128 valence electrons. The molecule has 0 radical (unpaired) electrons. The zero-order valence-electron chi connectivity index (χ0n) is 12.2. The van der Waals surface area contributed by atoms with E-state index in [1.165, 1.54) is 12.1 Å². The number of hydrogen-bond acceptors (Lipinski definition) is 6. The maximum atomic E-state index is 12.5. The lowest BCUT2D eigenvalue weighted by Gasteiger charge is -2.09. The van der Waals surface area contributed by atoms with Crippen LogP contribution in [0.2, 0.25) is 0 Å². The Hall–Kier alpha value is -1.43. The molecule has 2 rings (SSSR count). The summed E-state index contributed by atoms with van der Waals surface area (Å²) in [5, 5.41) is 3.33. The standard InChI is InChI=1S/C12H14F3N3O3S2/c1-18(2)6-5-16-23(19,20)11-4-3-9(22-11)8-7-10(21-17-8)12(13,14)15/h3-4,7,16H,5-6H2,1-2H3. The van der Waals surface area contributed by atoms with Gasteiger partial charge in [-0.3, -0.25) is 0 Å². The van der Waals surface area contributed by atoms with Gasteiger partial charge in [-0.2, -0.15) is 13.2 Å². The summed E-state index contributed by atoms with van der Waals surface area (Å²) in [5.74, 6) is -1.23. The molecule has 0 aromatic carbocycles. The highest BCUT2D eigenvalue weighted by Gasteiger charge is 2.36. The quantitative estimate of drug-likeness (QED) is 0.845. The number of likely N-dealkylation sites (N-methyl/N-ethyl adjacent to an activating group) is 1. The molecule has 0 saturated heterocycles. The Kier molecular flexibility index (Phi) is 5.14. The SMILES string of the molecule is CN(C)CCNS(=O)(=O)c1ccc(-c2cc(C(F)(F)F)on2)s1. The van der Waals surface area contributed by atoms with Gasteiger partial charge in [-0.1, -0.05) is 5.16 Å². The summed E-state index contributed by atoms with van der Waals surface area (Å²) in [6.07, 6.45) is -4.63. The molecule has 0 fully saturated rings. The van der Waals surface area contributed by atoms with Crippen LogP contribution in [-0.4, -0.2) is 45.7 Å². The lowest BCUT2D eigenvalue weighted by molar-refractivity contribution is -0.155. The third-order valence-electron chi connectivity index (χ3n) is 2.74. The number of aromatic nitrogens is 1. The first-order chi connectivity index (χ1) is 10.6. The topological polar surface area (TPSA) is 75.4 Å². The molecule has 0 aliphatic carbocycles. The molecule has 2 heterocycles. The fourth-order valence-electron chi connectivity index (χ4n) is 1.60. The monoisotopic (exact) mass is 369 g/mol. The number of nitrogens with one attached hydrogen (secondary N) is 1. The highest BCUT2D eigenvalue weighted by Crippen LogP contribution is 2.35. The molecule has 0 aliphatic rings. The van der Waals surface area contributed by atoms with Crippen LogP contribution in [0.25, 0.3) is 10.6 Å². The molecule has 0 spiro atoms. The van der Waals surface area contributed by atoms with Gasteiger partial charge in [-0.15, -0.1) is 11.3 Å². The smallest absolute Gasteiger partial charge is 0.351 e. The second kappa shape index (κ2) is 6.59. The van der Waals surface area contributed by atoms with Crippen molar-refractivity contribution in [2.45, 2.75) is 10.4 Å². The molecule has 0 aliphatic heterocycles. The molecule has 0 unspecified atom stereocenters. The van der Waals surface area contributed by atoms with Crippen LogP contribution in [0.1, 0.15) is 5.76 Å². The minimum atomic E-state index is -4.63. The van der Waals surface area contributed by atoms with Gasteiger partial charge in [0, 0.05) is 19.2 Å². The molecule has 6 nitrogen and oxygen atoms in total. The third-order valence-corrected chi connectivity index (χ3v) is 5.80. The van der Waals surface area contributed by atoms with Gasteiger partial charge < -0.3 is 9.42 Å². The lowest BCUT2D eigenvalue weighted by atomic mass is 10.3. The molecule has 11 heteroatoms. The Morgan fingerprint density at radius 2 is 2.04 bits per heavy atom. The summed E-state index contributed by atoms with van der Waals surface area (Å²) in [5.41, 5.74) is -0.0583.